The van der Waals surface area contributed by atoms with Crippen molar-refractivity contribution in [3.05, 3.63) is 22.2 Å². The van der Waals surface area contributed by atoms with Crippen molar-refractivity contribution >= 4 is 5.82 Å². The van der Waals surface area contributed by atoms with E-state index < -0.39 is 37.1 Å². The second-order valence-electron chi connectivity index (χ2n) is 3.69. The van der Waals surface area contributed by atoms with Crippen LogP contribution >= 0.6 is 0 Å². The number of nitrogens with two attached hydrogens (primary N) is 1. The zero-order valence-electron chi connectivity index (χ0n) is 12.1. The lowest BCUT2D eigenvalue weighted by Crippen LogP contribution is -2.28. The summed E-state index contributed by atoms with van der Waals surface area (Å²) < 4.78 is 29.4. The van der Waals surface area contributed by atoms with Crippen LogP contribution in [-0.2, 0) is 4.74 Å². The van der Waals surface area contributed by atoms with Gasteiger partial charge < -0.3 is 20.7 Å². The van der Waals surface area contributed by atoms with E-state index in [1.54, 1.807) is 0 Å². The Morgan fingerprint density at radius 2 is 2.59 bits per heavy atom. The molecule has 1 fully saturated rings. The van der Waals surface area contributed by atoms with Gasteiger partial charge in [-0.2, -0.15) is 4.98 Å². The third-order valence-electron chi connectivity index (χ3n) is 2.43. The van der Waals surface area contributed by atoms with E-state index in [0.717, 1.165) is 6.20 Å². The fraction of sp³-hybridized carbons (Fsp3) is 0.600. The molecule has 7 heteroatoms. The first-order valence-corrected chi connectivity index (χ1v) is 4.98. The maximum absolute atomic E-state index is 11.8. The number of hydrogen-bond acceptors (Lipinski definition) is 6. The third kappa shape index (κ3) is 2.17. The largest absolute Gasteiger partial charge is 0.394 e. The number of ether oxygens (including phenoxy) is 1. The molecule has 7 nitrogen and oxygen atoms in total. The van der Waals surface area contributed by atoms with Crippen LogP contribution < -0.4 is 11.4 Å². The summed E-state index contributed by atoms with van der Waals surface area (Å²) in [7, 11) is 0. The van der Waals surface area contributed by atoms with Crippen molar-refractivity contribution in [3.63, 3.8) is 0 Å². The number of aromatic nitrogens is 2. The number of aryl methyl sites for hydroxylation is 1. The summed E-state index contributed by atoms with van der Waals surface area (Å²) in [5.74, 6) is -0.0346. The fourth-order valence-corrected chi connectivity index (χ4v) is 1.43. The molecule has 0 unspecified atom stereocenters. The number of rotatable bonds is 2. The topological polar surface area (TPSA) is 111 Å². The van der Waals surface area contributed by atoms with E-state index >= 15 is 0 Å². The van der Waals surface area contributed by atoms with Crippen LogP contribution in [0.15, 0.2) is 11.0 Å². The SMILES string of the molecule is [2H]C1([2H])[C@H](O)[C@@H](CO)O[C@@]1([2H])n1cc(C)c(N)nc1=O. The Hall–Kier alpha value is -1.44. The zero-order valence-corrected chi connectivity index (χ0v) is 9.12. The quantitative estimate of drug-likeness (QED) is 0.601. The lowest BCUT2D eigenvalue weighted by atomic mass is 10.2. The number of nitrogen functional groups attached to an aromatic ring is 1. The number of aliphatic hydroxyl groups excluding tert-OH is 2. The summed E-state index contributed by atoms with van der Waals surface area (Å²) >= 11 is 0. The molecule has 4 N–H and O–H groups in total. The lowest BCUT2D eigenvalue weighted by Gasteiger charge is -2.15. The second-order valence-corrected chi connectivity index (χ2v) is 3.69. The first kappa shape index (κ1) is 8.62. The Morgan fingerprint density at radius 1 is 1.88 bits per heavy atom. The molecular formula is C10H15N3O4. The fourth-order valence-electron chi connectivity index (χ4n) is 1.43. The Morgan fingerprint density at radius 3 is 3.18 bits per heavy atom. The van der Waals surface area contributed by atoms with Gasteiger partial charge in [0.2, 0.25) is 0 Å². The maximum atomic E-state index is 11.8. The molecule has 94 valence electrons. The first-order valence-electron chi connectivity index (χ1n) is 6.48. The van der Waals surface area contributed by atoms with Crippen molar-refractivity contribution < 1.29 is 19.1 Å². The van der Waals surface area contributed by atoms with Crippen molar-refractivity contribution in [1.82, 2.24) is 9.55 Å². The summed E-state index contributed by atoms with van der Waals surface area (Å²) in [6.45, 7) is 0.851. The van der Waals surface area contributed by atoms with Gasteiger partial charge in [-0.15, -0.1) is 0 Å². The van der Waals surface area contributed by atoms with Crippen LogP contribution in [0.3, 0.4) is 0 Å². The van der Waals surface area contributed by atoms with Crippen LogP contribution in [0.25, 0.3) is 0 Å². The van der Waals surface area contributed by atoms with Crippen LogP contribution in [0.5, 0.6) is 0 Å². The van der Waals surface area contributed by atoms with Gasteiger partial charge in [0.05, 0.1) is 14.1 Å². The Bertz CT molecular complexity index is 594. The second kappa shape index (κ2) is 4.44. The molecule has 17 heavy (non-hydrogen) atoms. The maximum Gasteiger partial charge on any atom is 0.351 e. The minimum absolute atomic E-state index is 0.0346. The minimum atomic E-state index is -2.62. The highest BCUT2D eigenvalue weighted by Crippen LogP contribution is 2.27. The molecule has 0 bridgehead atoms. The molecule has 1 aliphatic heterocycles. The highest BCUT2D eigenvalue weighted by Gasteiger charge is 2.35. The van der Waals surface area contributed by atoms with Gasteiger partial charge in [-0.25, -0.2) is 4.79 Å². The summed E-state index contributed by atoms with van der Waals surface area (Å²) in [6.07, 6.45) is -7.08. The van der Waals surface area contributed by atoms with E-state index in [0.29, 0.717) is 10.1 Å². The van der Waals surface area contributed by atoms with E-state index in [2.05, 4.69) is 4.98 Å². The predicted molar refractivity (Wildman–Crippen MR) is 59.3 cm³/mol. The summed E-state index contributed by atoms with van der Waals surface area (Å²) in [6, 6.07) is 0. The molecule has 0 saturated carbocycles. The molecule has 1 aliphatic rings. The minimum Gasteiger partial charge on any atom is -0.394 e. The van der Waals surface area contributed by atoms with E-state index in [-0.39, 0.29) is 5.82 Å². The molecule has 2 rings (SSSR count). The number of nitrogens with zero attached hydrogens (tertiary/aromatic N) is 2. The van der Waals surface area contributed by atoms with Crippen molar-refractivity contribution in [1.29, 1.82) is 0 Å². The van der Waals surface area contributed by atoms with Crippen LogP contribution in [-0.4, -0.2) is 38.6 Å². The molecule has 2 heterocycles. The number of hydrogen-bond donors (Lipinski definition) is 3. The van der Waals surface area contributed by atoms with Gasteiger partial charge >= 0.3 is 5.69 Å². The van der Waals surface area contributed by atoms with Crippen LogP contribution in [0, 0.1) is 6.92 Å². The first-order chi connectivity index (χ1) is 9.15. The van der Waals surface area contributed by atoms with E-state index in [9.17, 15) is 9.90 Å². The highest BCUT2D eigenvalue weighted by molar-refractivity contribution is 5.35. The average molecular weight is 244 g/mol. The van der Waals surface area contributed by atoms with Gasteiger partial charge in [0, 0.05) is 20.9 Å². The Balaban J connectivity index is 2.62. The van der Waals surface area contributed by atoms with Gasteiger partial charge in [-0.3, -0.25) is 4.57 Å². The Labute approximate surface area is 102 Å². The molecular weight excluding hydrogens is 226 g/mol. The van der Waals surface area contributed by atoms with Crippen molar-refractivity contribution in [3.8, 4) is 0 Å². The van der Waals surface area contributed by atoms with E-state index in [1.807, 2.05) is 0 Å². The molecule has 3 atom stereocenters. The Kier molecular flexibility index (Phi) is 2.25. The molecule has 0 aromatic carbocycles. The molecule has 0 spiro atoms. The zero-order chi connectivity index (χ0) is 15.3. The number of anilines is 1. The van der Waals surface area contributed by atoms with Gasteiger partial charge in [0.25, 0.3) is 0 Å². The molecule has 1 aromatic rings. The van der Waals surface area contributed by atoms with Gasteiger partial charge in [-0.1, -0.05) is 0 Å². The molecule has 0 aliphatic carbocycles. The molecule has 1 aromatic heterocycles. The highest BCUT2D eigenvalue weighted by atomic mass is 16.5. The molecule has 0 radical (unpaired) electrons. The summed E-state index contributed by atoms with van der Waals surface area (Å²) in [5.41, 5.74) is 4.85. The molecule has 1 saturated heterocycles. The van der Waals surface area contributed by atoms with Crippen molar-refractivity contribution in [2.75, 3.05) is 12.3 Å². The summed E-state index contributed by atoms with van der Waals surface area (Å²) in [4.78, 5) is 15.3. The number of aliphatic hydroxyl groups is 2. The van der Waals surface area contributed by atoms with E-state index in [4.69, 9.17) is 19.7 Å². The van der Waals surface area contributed by atoms with Crippen LogP contribution in [0.1, 0.15) is 22.3 Å². The van der Waals surface area contributed by atoms with E-state index in [1.165, 1.54) is 6.92 Å². The van der Waals surface area contributed by atoms with Gasteiger partial charge in [0.1, 0.15) is 18.1 Å². The van der Waals surface area contributed by atoms with Gasteiger partial charge in [-0.05, 0) is 6.92 Å². The third-order valence-corrected chi connectivity index (χ3v) is 2.43. The van der Waals surface area contributed by atoms with Crippen LogP contribution in [0.2, 0.25) is 0 Å². The van der Waals surface area contributed by atoms with Crippen molar-refractivity contribution in [2.45, 2.75) is 31.7 Å². The normalized spacial score (nSPS) is 38.4. The van der Waals surface area contributed by atoms with Crippen LogP contribution in [0.4, 0.5) is 5.82 Å². The lowest BCUT2D eigenvalue weighted by molar-refractivity contribution is -0.0459. The predicted octanol–water partition coefficient (Wildman–Crippen LogP) is -1.23. The van der Waals surface area contributed by atoms with Gasteiger partial charge in [0.15, 0.2) is 0 Å². The monoisotopic (exact) mass is 244 g/mol. The standard InChI is InChI=1S/C10H15N3O4/c1-5-3-13(10(16)12-9(5)11)8-2-6(15)7(4-14)17-8/h3,6-8,14-15H,2,4H2,1H3,(H2,11,12,16)/t6-,7+,8+/m0/s1/i2D2,8D. The smallest absolute Gasteiger partial charge is 0.351 e. The average Bonchev–Trinajstić information content (AvgIpc) is 2.55. The molecule has 0 amide bonds. The van der Waals surface area contributed by atoms with Crippen molar-refractivity contribution in [2.24, 2.45) is 0 Å². The summed E-state index contributed by atoms with van der Waals surface area (Å²) in [5, 5.41) is 18.8.